The molecule has 0 unspecified atom stereocenters. The molecule has 1 aliphatic heterocycles. The van der Waals surface area contributed by atoms with Gasteiger partial charge in [-0.1, -0.05) is 18.7 Å². The number of hydrogen-bond acceptors (Lipinski definition) is 2. The summed E-state index contributed by atoms with van der Waals surface area (Å²) in [6.07, 6.45) is 8.40. The highest BCUT2D eigenvalue weighted by molar-refractivity contribution is 5.97. The third-order valence-electron chi connectivity index (χ3n) is 1.46. The number of allylic oxidation sites excluding steroid dienone is 3. The van der Waals surface area contributed by atoms with Crippen LogP contribution in [0.3, 0.4) is 0 Å². The van der Waals surface area contributed by atoms with Gasteiger partial charge in [-0.3, -0.25) is 4.79 Å². The molecule has 0 atom stereocenters. The Bertz CT molecular complexity index is 298. The maximum Gasteiger partial charge on any atom is 0.250 e. The van der Waals surface area contributed by atoms with E-state index in [-0.39, 0.29) is 0 Å². The van der Waals surface area contributed by atoms with Crippen LogP contribution in [0, 0.1) is 0 Å². The fourth-order valence-electron chi connectivity index (χ4n) is 0.928. The third kappa shape index (κ3) is 1.63. The summed E-state index contributed by atoms with van der Waals surface area (Å²) in [5.41, 5.74) is 6.38. The van der Waals surface area contributed by atoms with Gasteiger partial charge in [-0.15, -0.1) is 0 Å². The Labute approximate surface area is 70.9 Å². The van der Waals surface area contributed by atoms with Gasteiger partial charge in [0.05, 0.1) is 5.57 Å². The van der Waals surface area contributed by atoms with E-state index in [1.807, 2.05) is 0 Å². The lowest BCUT2D eigenvalue weighted by Gasteiger charge is -2.08. The number of primary amides is 1. The minimum Gasteiger partial charge on any atom is -0.367 e. The highest BCUT2D eigenvalue weighted by atomic mass is 16.1. The molecule has 1 aliphatic rings. The lowest BCUT2D eigenvalue weighted by molar-refractivity contribution is -0.114. The number of hydrogen-bond donors (Lipinski definition) is 2. The number of nitrogens with two attached hydrogens (primary N) is 1. The number of carbonyl (C=O) groups excluding carboxylic acids is 1. The fraction of sp³-hybridized carbons (Fsp3) is 0. The minimum atomic E-state index is -0.444. The van der Waals surface area contributed by atoms with Crippen LogP contribution >= 0.6 is 0 Å². The van der Waals surface area contributed by atoms with E-state index in [0.717, 1.165) is 5.57 Å². The van der Waals surface area contributed by atoms with Crippen molar-refractivity contribution in [3.63, 3.8) is 0 Å². The molecule has 0 saturated heterocycles. The normalized spacial score (nSPS) is 18.3. The lowest BCUT2D eigenvalue weighted by Crippen LogP contribution is -2.19. The maximum atomic E-state index is 10.8. The molecule has 1 rings (SSSR count). The van der Waals surface area contributed by atoms with Crippen LogP contribution < -0.4 is 11.1 Å². The Balaban J connectivity index is 2.98. The van der Waals surface area contributed by atoms with Gasteiger partial charge in [0.25, 0.3) is 5.91 Å². The Morgan fingerprint density at radius 1 is 1.67 bits per heavy atom. The van der Waals surface area contributed by atoms with Crippen LogP contribution in [0.4, 0.5) is 0 Å². The predicted octanol–water partition coefficient (Wildman–Crippen LogP) is 0.585. The minimum absolute atomic E-state index is 0.444. The summed E-state index contributed by atoms with van der Waals surface area (Å²) in [4.78, 5) is 10.8. The van der Waals surface area contributed by atoms with Crippen LogP contribution in [0.2, 0.25) is 0 Å². The van der Waals surface area contributed by atoms with E-state index in [4.69, 9.17) is 5.73 Å². The smallest absolute Gasteiger partial charge is 0.250 e. The van der Waals surface area contributed by atoms with Gasteiger partial charge in [-0.05, 0) is 11.6 Å². The standard InChI is InChI=1S/C9H10N2O/c1-2-3-7-4-5-11-6-8(7)9(10)12/h2-6,11H,1H2,(H2,10,12). The summed E-state index contributed by atoms with van der Waals surface area (Å²) in [7, 11) is 0. The van der Waals surface area contributed by atoms with Crippen LogP contribution in [-0.4, -0.2) is 5.91 Å². The largest absolute Gasteiger partial charge is 0.367 e. The van der Waals surface area contributed by atoms with Gasteiger partial charge in [0, 0.05) is 12.4 Å². The first-order valence-corrected chi connectivity index (χ1v) is 3.51. The first-order chi connectivity index (χ1) is 5.75. The zero-order chi connectivity index (χ0) is 8.97. The number of amides is 1. The third-order valence-corrected chi connectivity index (χ3v) is 1.46. The van der Waals surface area contributed by atoms with Crippen LogP contribution in [0.15, 0.2) is 48.4 Å². The van der Waals surface area contributed by atoms with Gasteiger partial charge in [-0.2, -0.15) is 0 Å². The van der Waals surface area contributed by atoms with Crippen molar-refractivity contribution in [2.45, 2.75) is 0 Å². The summed E-state index contributed by atoms with van der Waals surface area (Å²) in [5, 5.41) is 2.79. The van der Waals surface area contributed by atoms with E-state index in [0.29, 0.717) is 5.57 Å². The molecule has 3 nitrogen and oxygen atoms in total. The molecular weight excluding hydrogens is 152 g/mol. The molecule has 1 amide bonds. The van der Waals surface area contributed by atoms with Crippen molar-refractivity contribution in [2.75, 3.05) is 0 Å². The SMILES string of the molecule is C=CC=C1C=CNC=C1C(N)=O. The quantitative estimate of drug-likeness (QED) is 0.624. The predicted molar refractivity (Wildman–Crippen MR) is 47.8 cm³/mol. The zero-order valence-electron chi connectivity index (χ0n) is 6.58. The first kappa shape index (κ1) is 8.33. The van der Waals surface area contributed by atoms with Gasteiger partial charge in [0.2, 0.25) is 0 Å². The average molecular weight is 162 g/mol. The first-order valence-electron chi connectivity index (χ1n) is 3.51. The lowest BCUT2D eigenvalue weighted by atomic mass is 10.0. The molecule has 3 N–H and O–H groups in total. The van der Waals surface area contributed by atoms with Crippen molar-refractivity contribution in [1.29, 1.82) is 0 Å². The Morgan fingerprint density at radius 2 is 2.42 bits per heavy atom. The van der Waals surface area contributed by atoms with Crippen LogP contribution in [0.5, 0.6) is 0 Å². The fourth-order valence-corrected chi connectivity index (χ4v) is 0.928. The molecule has 0 aliphatic carbocycles. The van der Waals surface area contributed by atoms with E-state index in [2.05, 4.69) is 11.9 Å². The second-order valence-corrected chi connectivity index (χ2v) is 2.28. The van der Waals surface area contributed by atoms with Crippen LogP contribution in [0.1, 0.15) is 0 Å². The van der Waals surface area contributed by atoms with Gasteiger partial charge in [-0.25, -0.2) is 0 Å². The molecule has 0 fully saturated rings. The average Bonchev–Trinajstić information content (AvgIpc) is 2.05. The molecule has 12 heavy (non-hydrogen) atoms. The zero-order valence-corrected chi connectivity index (χ0v) is 6.58. The Kier molecular flexibility index (Phi) is 2.48. The molecule has 3 heteroatoms. The number of nitrogens with one attached hydrogen (secondary N) is 1. The highest BCUT2D eigenvalue weighted by Gasteiger charge is 2.09. The molecule has 1 heterocycles. The van der Waals surface area contributed by atoms with Gasteiger partial charge < -0.3 is 11.1 Å². The number of dihydropyridines is 1. The number of carbonyl (C=O) groups is 1. The molecule has 0 radical (unpaired) electrons. The second-order valence-electron chi connectivity index (χ2n) is 2.28. The Hall–Kier alpha value is -1.77. The van der Waals surface area contributed by atoms with E-state index in [1.165, 1.54) is 0 Å². The molecular formula is C9H10N2O. The van der Waals surface area contributed by atoms with Crippen molar-refractivity contribution in [1.82, 2.24) is 5.32 Å². The molecule has 0 saturated carbocycles. The molecule has 0 aromatic rings. The summed E-state index contributed by atoms with van der Waals surface area (Å²) >= 11 is 0. The second kappa shape index (κ2) is 3.57. The van der Waals surface area contributed by atoms with Crippen molar-refractivity contribution in [3.05, 3.63) is 48.4 Å². The number of rotatable bonds is 2. The molecule has 0 spiro atoms. The summed E-state index contributed by atoms with van der Waals surface area (Å²) in [5.74, 6) is -0.444. The summed E-state index contributed by atoms with van der Waals surface area (Å²) < 4.78 is 0. The van der Waals surface area contributed by atoms with Gasteiger partial charge >= 0.3 is 0 Å². The highest BCUT2D eigenvalue weighted by Crippen LogP contribution is 2.13. The van der Waals surface area contributed by atoms with Crippen molar-refractivity contribution in [3.8, 4) is 0 Å². The molecule has 62 valence electrons. The van der Waals surface area contributed by atoms with E-state index >= 15 is 0 Å². The van der Waals surface area contributed by atoms with Gasteiger partial charge in [0.1, 0.15) is 0 Å². The topological polar surface area (TPSA) is 55.1 Å². The van der Waals surface area contributed by atoms with Gasteiger partial charge in [0.15, 0.2) is 0 Å². The summed E-state index contributed by atoms with van der Waals surface area (Å²) in [6, 6.07) is 0. The molecule has 0 aromatic carbocycles. The molecule has 0 aromatic heterocycles. The Morgan fingerprint density at radius 3 is 3.00 bits per heavy atom. The van der Waals surface area contributed by atoms with E-state index in [9.17, 15) is 4.79 Å². The van der Waals surface area contributed by atoms with Crippen molar-refractivity contribution < 1.29 is 4.79 Å². The maximum absolute atomic E-state index is 10.8. The van der Waals surface area contributed by atoms with Crippen molar-refractivity contribution in [2.24, 2.45) is 5.73 Å². The van der Waals surface area contributed by atoms with E-state index in [1.54, 1.807) is 30.6 Å². The van der Waals surface area contributed by atoms with Crippen LogP contribution in [0.25, 0.3) is 0 Å². The molecule has 0 bridgehead atoms. The van der Waals surface area contributed by atoms with Crippen LogP contribution in [-0.2, 0) is 4.79 Å². The monoisotopic (exact) mass is 162 g/mol. The van der Waals surface area contributed by atoms with Crippen molar-refractivity contribution >= 4 is 5.91 Å². The summed E-state index contributed by atoms with van der Waals surface area (Å²) in [6.45, 7) is 3.54. The van der Waals surface area contributed by atoms with E-state index < -0.39 is 5.91 Å².